The number of hydrogen-bond donors (Lipinski definition) is 2. The molecule has 3 heterocycles. The largest absolute Gasteiger partial charge is 0.383 e. The van der Waals surface area contributed by atoms with Crippen LogP contribution in [0.3, 0.4) is 0 Å². The van der Waals surface area contributed by atoms with E-state index in [2.05, 4.69) is 25.4 Å². The van der Waals surface area contributed by atoms with Crippen molar-refractivity contribution in [3.63, 3.8) is 0 Å². The molecule has 0 atom stereocenters. The highest BCUT2D eigenvalue weighted by Gasteiger charge is 2.24. The normalized spacial score (nSPS) is 11.4. The molecule has 8 heteroatoms. The molecule has 0 spiro atoms. The second-order valence-corrected chi connectivity index (χ2v) is 7.31. The van der Waals surface area contributed by atoms with Crippen molar-refractivity contribution in [2.45, 2.75) is 6.92 Å². The fraction of sp³-hybridized carbons (Fsp3) is 0.0417. The summed E-state index contributed by atoms with van der Waals surface area (Å²) in [7, 11) is 0. The van der Waals surface area contributed by atoms with E-state index in [4.69, 9.17) is 5.73 Å². The van der Waals surface area contributed by atoms with Crippen LogP contribution in [-0.2, 0) is 0 Å². The highest BCUT2D eigenvalue weighted by molar-refractivity contribution is 6.16. The maximum atomic E-state index is 13.2. The Morgan fingerprint density at radius 1 is 1.03 bits per heavy atom. The van der Waals surface area contributed by atoms with Gasteiger partial charge < -0.3 is 11.1 Å². The molecule has 3 aromatic heterocycles. The van der Waals surface area contributed by atoms with Crippen LogP contribution >= 0.6 is 0 Å². The Bertz CT molecular complexity index is 1470. The van der Waals surface area contributed by atoms with Crippen LogP contribution in [0.15, 0.2) is 78.2 Å². The Labute approximate surface area is 183 Å². The van der Waals surface area contributed by atoms with Crippen LogP contribution in [0.1, 0.15) is 21.5 Å². The van der Waals surface area contributed by atoms with Gasteiger partial charge in [-0.3, -0.25) is 9.78 Å². The van der Waals surface area contributed by atoms with Crippen LogP contribution in [0.2, 0.25) is 0 Å². The number of hydrogen-bond acceptors (Lipinski definition) is 6. The fourth-order valence-corrected chi connectivity index (χ4v) is 3.40. The first-order valence-electron chi connectivity index (χ1n) is 9.99. The Balaban J connectivity index is 1.66. The molecule has 0 fully saturated rings. The first-order chi connectivity index (χ1) is 15.6. The van der Waals surface area contributed by atoms with Gasteiger partial charge in [0.2, 0.25) is 0 Å². The van der Waals surface area contributed by atoms with Gasteiger partial charge >= 0.3 is 0 Å². The van der Waals surface area contributed by atoms with Gasteiger partial charge in [0.15, 0.2) is 5.65 Å². The molecule has 3 N–H and O–H groups in total. The van der Waals surface area contributed by atoms with Crippen LogP contribution < -0.4 is 11.1 Å². The van der Waals surface area contributed by atoms with Crippen LogP contribution in [0.5, 0.6) is 0 Å². The van der Waals surface area contributed by atoms with Crippen molar-refractivity contribution >= 4 is 45.8 Å². The summed E-state index contributed by atoms with van der Waals surface area (Å²) in [6.07, 6.45) is 4.97. The summed E-state index contributed by atoms with van der Waals surface area (Å²) < 4.78 is 1.44. The van der Waals surface area contributed by atoms with Crippen molar-refractivity contribution in [3.8, 4) is 0 Å². The molecule has 0 saturated carbocycles. The number of pyridine rings is 1. The van der Waals surface area contributed by atoms with Crippen LogP contribution in [-0.4, -0.2) is 31.7 Å². The van der Waals surface area contributed by atoms with Gasteiger partial charge in [0.05, 0.1) is 17.2 Å². The average molecular weight is 421 g/mol. The van der Waals surface area contributed by atoms with Gasteiger partial charge in [-0.25, -0.2) is 9.97 Å². The van der Waals surface area contributed by atoms with Gasteiger partial charge in [-0.05, 0) is 37.3 Å². The standard InChI is InChI=1S/C24H19N7O/c1-15-8-10-17(11-9-15)28-24(32)20-21-23(30-19-7-3-2-6-18(19)29-21)31(22(20)25)27-14-16-5-4-12-26-13-16/h2-14H,25H2,1H3,(H,28,32)/b27-14-. The van der Waals surface area contributed by atoms with Crippen molar-refractivity contribution < 1.29 is 4.79 Å². The van der Waals surface area contributed by atoms with Gasteiger partial charge in [-0.2, -0.15) is 9.78 Å². The number of nitrogen functional groups attached to an aromatic ring is 1. The first-order valence-corrected chi connectivity index (χ1v) is 9.99. The number of aromatic nitrogens is 4. The van der Waals surface area contributed by atoms with E-state index >= 15 is 0 Å². The molecule has 0 bridgehead atoms. The van der Waals surface area contributed by atoms with E-state index in [1.54, 1.807) is 18.6 Å². The molecule has 0 radical (unpaired) electrons. The maximum Gasteiger partial charge on any atom is 0.261 e. The second kappa shape index (κ2) is 7.92. The summed E-state index contributed by atoms with van der Waals surface area (Å²) in [6.45, 7) is 1.98. The summed E-state index contributed by atoms with van der Waals surface area (Å²) in [5, 5.41) is 7.37. The minimum atomic E-state index is -0.378. The number of anilines is 2. The van der Waals surface area contributed by atoms with Crippen LogP contribution in [0.4, 0.5) is 11.5 Å². The molecule has 5 aromatic rings. The second-order valence-electron chi connectivity index (χ2n) is 7.31. The minimum absolute atomic E-state index is 0.153. The van der Waals surface area contributed by atoms with E-state index in [1.807, 2.05) is 67.6 Å². The first kappa shape index (κ1) is 19.4. The molecular formula is C24H19N7O. The molecule has 156 valence electrons. The van der Waals surface area contributed by atoms with Crippen molar-refractivity contribution in [2.75, 3.05) is 11.1 Å². The number of carbonyl (C=O) groups is 1. The Morgan fingerprint density at radius 3 is 2.50 bits per heavy atom. The third-order valence-corrected chi connectivity index (χ3v) is 5.02. The van der Waals surface area contributed by atoms with Gasteiger partial charge in [-0.15, -0.1) is 0 Å². The lowest BCUT2D eigenvalue weighted by atomic mass is 10.2. The number of aryl methyl sites for hydroxylation is 1. The zero-order valence-electron chi connectivity index (χ0n) is 17.2. The smallest absolute Gasteiger partial charge is 0.261 e. The van der Waals surface area contributed by atoms with E-state index in [9.17, 15) is 4.79 Å². The van der Waals surface area contributed by atoms with Gasteiger partial charge in [0.1, 0.15) is 16.9 Å². The van der Waals surface area contributed by atoms with E-state index in [1.165, 1.54) is 4.68 Å². The highest BCUT2D eigenvalue weighted by Crippen LogP contribution is 2.28. The molecule has 8 nitrogen and oxygen atoms in total. The van der Waals surface area contributed by atoms with Crippen molar-refractivity contribution in [3.05, 3.63) is 89.7 Å². The number of nitrogens with two attached hydrogens (primary N) is 1. The lowest BCUT2D eigenvalue weighted by molar-refractivity contribution is 0.102. The molecule has 2 aromatic carbocycles. The molecule has 32 heavy (non-hydrogen) atoms. The topological polar surface area (TPSA) is 111 Å². The average Bonchev–Trinajstić information content (AvgIpc) is 3.08. The van der Waals surface area contributed by atoms with Crippen molar-refractivity contribution in [1.82, 2.24) is 19.6 Å². The lowest BCUT2D eigenvalue weighted by Crippen LogP contribution is -2.14. The number of carbonyl (C=O) groups excluding carboxylic acids is 1. The molecule has 0 aliphatic heterocycles. The Hall–Kier alpha value is -4.59. The molecule has 0 aliphatic carbocycles. The summed E-state index contributed by atoms with van der Waals surface area (Å²) in [5.74, 6) is -0.226. The van der Waals surface area contributed by atoms with E-state index < -0.39 is 0 Å². The summed E-state index contributed by atoms with van der Waals surface area (Å²) in [4.78, 5) is 26.7. The predicted molar refractivity (Wildman–Crippen MR) is 126 cm³/mol. The summed E-state index contributed by atoms with van der Waals surface area (Å²) >= 11 is 0. The summed E-state index contributed by atoms with van der Waals surface area (Å²) in [5.41, 5.74) is 11.3. The molecule has 0 aliphatic rings. The lowest BCUT2D eigenvalue weighted by Gasteiger charge is -2.06. The van der Waals surface area contributed by atoms with Crippen LogP contribution in [0.25, 0.3) is 22.2 Å². The molecule has 5 rings (SSSR count). The van der Waals surface area contributed by atoms with Crippen molar-refractivity contribution in [2.24, 2.45) is 5.10 Å². The Kier molecular flexibility index (Phi) is 4.79. The zero-order chi connectivity index (χ0) is 22.1. The Morgan fingerprint density at radius 2 is 1.78 bits per heavy atom. The number of nitrogens with zero attached hydrogens (tertiary/aromatic N) is 5. The quantitative estimate of drug-likeness (QED) is 0.426. The number of rotatable bonds is 4. The van der Waals surface area contributed by atoms with Gasteiger partial charge in [0, 0.05) is 23.6 Å². The number of para-hydroxylation sites is 2. The number of amides is 1. The predicted octanol–water partition coefficient (Wildman–Crippen LogP) is 4.00. The highest BCUT2D eigenvalue weighted by atomic mass is 16.1. The van der Waals surface area contributed by atoms with Gasteiger partial charge in [0.25, 0.3) is 5.91 Å². The SMILES string of the molecule is Cc1ccc(NC(=O)c2c(N)n(/N=C\c3cccnc3)c3nc4ccccc4nc23)cc1. The third-order valence-electron chi connectivity index (χ3n) is 5.02. The molecular weight excluding hydrogens is 402 g/mol. The minimum Gasteiger partial charge on any atom is -0.383 e. The number of nitrogens with one attached hydrogen (secondary N) is 1. The molecule has 1 amide bonds. The molecule has 0 saturated heterocycles. The molecule has 0 unspecified atom stereocenters. The van der Waals surface area contributed by atoms with E-state index in [0.29, 0.717) is 27.9 Å². The van der Waals surface area contributed by atoms with Crippen molar-refractivity contribution in [1.29, 1.82) is 0 Å². The summed E-state index contributed by atoms with van der Waals surface area (Å²) in [6, 6.07) is 18.6. The number of benzene rings is 2. The number of fused-ring (bicyclic) bond motifs is 2. The van der Waals surface area contributed by atoms with Crippen LogP contribution in [0, 0.1) is 6.92 Å². The van der Waals surface area contributed by atoms with E-state index in [0.717, 1.165) is 11.1 Å². The fourth-order valence-electron chi connectivity index (χ4n) is 3.40. The van der Waals surface area contributed by atoms with Gasteiger partial charge in [-0.1, -0.05) is 35.9 Å². The monoisotopic (exact) mass is 421 g/mol. The maximum absolute atomic E-state index is 13.2. The third kappa shape index (κ3) is 3.54. The zero-order valence-corrected chi connectivity index (χ0v) is 17.2. The van der Waals surface area contributed by atoms with E-state index in [-0.39, 0.29) is 17.3 Å².